The van der Waals surface area contributed by atoms with E-state index < -0.39 is 0 Å². The van der Waals surface area contributed by atoms with Gasteiger partial charge in [-0.1, -0.05) is 12.0 Å². The topological polar surface area (TPSA) is 29.5 Å². The first-order valence-electron chi connectivity index (χ1n) is 4.93. The fraction of sp³-hybridized carbons (Fsp3) is 0.308. The van der Waals surface area contributed by atoms with Crippen LogP contribution >= 0.6 is 0 Å². The molecule has 84 valence electrons. The number of rotatable bonds is 2. The van der Waals surface area contributed by atoms with Crippen LogP contribution < -0.4 is 0 Å². The Morgan fingerprint density at radius 1 is 1.56 bits per heavy atom. The molecule has 0 N–H and O–H groups in total. The molecule has 0 aliphatic rings. The van der Waals surface area contributed by atoms with Crippen molar-refractivity contribution in [2.24, 2.45) is 0 Å². The fourth-order valence-electron chi connectivity index (χ4n) is 1.44. The number of carbonyl (C=O) groups is 1. The summed E-state index contributed by atoms with van der Waals surface area (Å²) >= 11 is 0. The highest BCUT2D eigenvalue weighted by atomic mass is 16.5. The second kappa shape index (κ2) is 5.22. The molecule has 0 saturated carbocycles. The number of amides is 1. The third-order valence-corrected chi connectivity index (χ3v) is 2.40. The monoisotopic (exact) mass is 217 g/mol. The number of ether oxygens (including phenoxy) is 1. The maximum Gasteiger partial charge on any atom is 0.409 e. The second-order valence-electron chi connectivity index (χ2n) is 3.61. The van der Waals surface area contributed by atoms with E-state index in [9.17, 15) is 4.79 Å². The van der Waals surface area contributed by atoms with Crippen LogP contribution in [0, 0.1) is 19.3 Å². The first-order valence-corrected chi connectivity index (χ1v) is 4.93. The zero-order chi connectivity index (χ0) is 12.1. The minimum Gasteiger partial charge on any atom is -0.453 e. The molecule has 0 aromatic heterocycles. The van der Waals surface area contributed by atoms with Crippen LogP contribution in [0.2, 0.25) is 0 Å². The third-order valence-electron chi connectivity index (χ3n) is 2.40. The van der Waals surface area contributed by atoms with E-state index in [1.807, 2.05) is 25.1 Å². The Balaban J connectivity index is 2.83. The standard InChI is InChI=1S/C13H15NO2/c1-5-11-6-7-12(10(2)8-11)9-14(3)13(15)16-4/h1,6-8H,9H2,2-4H3. The van der Waals surface area contributed by atoms with Crippen LogP contribution in [0.15, 0.2) is 18.2 Å². The Morgan fingerprint density at radius 2 is 2.25 bits per heavy atom. The van der Waals surface area contributed by atoms with Gasteiger partial charge >= 0.3 is 6.09 Å². The number of benzene rings is 1. The Kier molecular flexibility index (Phi) is 3.96. The summed E-state index contributed by atoms with van der Waals surface area (Å²) < 4.78 is 4.62. The quantitative estimate of drug-likeness (QED) is 0.710. The summed E-state index contributed by atoms with van der Waals surface area (Å²) in [7, 11) is 3.06. The van der Waals surface area contributed by atoms with Crippen molar-refractivity contribution in [3.8, 4) is 12.3 Å². The molecule has 0 heterocycles. The summed E-state index contributed by atoms with van der Waals surface area (Å²) in [5.41, 5.74) is 2.99. The van der Waals surface area contributed by atoms with Crippen molar-refractivity contribution in [2.45, 2.75) is 13.5 Å². The largest absolute Gasteiger partial charge is 0.453 e. The van der Waals surface area contributed by atoms with Gasteiger partial charge in [-0.2, -0.15) is 0 Å². The summed E-state index contributed by atoms with van der Waals surface area (Å²) in [4.78, 5) is 12.7. The van der Waals surface area contributed by atoms with Crippen molar-refractivity contribution >= 4 is 6.09 Å². The van der Waals surface area contributed by atoms with E-state index in [2.05, 4.69) is 10.7 Å². The highest BCUT2D eigenvalue weighted by Crippen LogP contribution is 2.12. The minimum absolute atomic E-state index is 0.347. The van der Waals surface area contributed by atoms with Gasteiger partial charge in [-0.3, -0.25) is 0 Å². The number of hydrogen-bond donors (Lipinski definition) is 0. The van der Waals surface area contributed by atoms with Gasteiger partial charge in [-0.05, 0) is 30.2 Å². The van der Waals surface area contributed by atoms with E-state index in [1.54, 1.807) is 7.05 Å². The van der Waals surface area contributed by atoms with E-state index in [-0.39, 0.29) is 6.09 Å². The molecule has 0 radical (unpaired) electrons. The molecule has 0 unspecified atom stereocenters. The van der Waals surface area contributed by atoms with Crippen LogP contribution in [0.5, 0.6) is 0 Å². The van der Waals surface area contributed by atoms with Gasteiger partial charge in [0, 0.05) is 19.2 Å². The second-order valence-corrected chi connectivity index (χ2v) is 3.61. The van der Waals surface area contributed by atoms with Crippen molar-refractivity contribution in [3.05, 3.63) is 34.9 Å². The number of hydrogen-bond acceptors (Lipinski definition) is 2. The predicted molar refractivity (Wildman–Crippen MR) is 63.0 cm³/mol. The van der Waals surface area contributed by atoms with Crippen molar-refractivity contribution < 1.29 is 9.53 Å². The molecule has 1 aromatic rings. The minimum atomic E-state index is -0.347. The van der Waals surface area contributed by atoms with Gasteiger partial charge in [-0.25, -0.2) is 4.79 Å². The molecule has 0 aliphatic carbocycles. The number of nitrogens with zero attached hydrogens (tertiary/aromatic N) is 1. The lowest BCUT2D eigenvalue weighted by atomic mass is 10.1. The number of carbonyl (C=O) groups excluding carboxylic acids is 1. The Bertz CT molecular complexity index is 432. The van der Waals surface area contributed by atoms with Gasteiger partial charge in [0.05, 0.1) is 7.11 Å². The summed E-state index contributed by atoms with van der Waals surface area (Å²) in [6.07, 6.45) is 4.96. The smallest absolute Gasteiger partial charge is 0.409 e. The van der Waals surface area contributed by atoms with Crippen LogP contribution in [-0.2, 0) is 11.3 Å². The van der Waals surface area contributed by atoms with Gasteiger partial charge in [0.2, 0.25) is 0 Å². The zero-order valence-electron chi connectivity index (χ0n) is 9.78. The average molecular weight is 217 g/mol. The molecule has 0 atom stereocenters. The maximum atomic E-state index is 11.2. The van der Waals surface area contributed by atoms with E-state index in [1.165, 1.54) is 12.0 Å². The van der Waals surface area contributed by atoms with Gasteiger partial charge in [0.1, 0.15) is 0 Å². The van der Waals surface area contributed by atoms with E-state index >= 15 is 0 Å². The van der Waals surface area contributed by atoms with Crippen LogP contribution in [0.25, 0.3) is 0 Å². The lowest BCUT2D eigenvalue weighted by molar-refractivity contribution is 0.131. The Hall–Kier alpha value is -1.95. The first-order chi connectivity index (χ1) is 7.58. The predicted octanol–water partition coefficient (Wildman–Crippen LogP) is 2.17. The Labute approximate surface area is 96.0 Å². The number of terminal acetylenes is 1. The van der Waals surface area contributed by atoms with Crippen LogP contribution in [0.1, 0.15) is 16.7 Å². The highest BCUT2D eigenvalue weighted by molar-refractivity contribution is 5.67. The van der Waals surface area contributed by atoms with Crippen molar-refractivity contribution in [1.29, 1.82) is 0 Å². The van der Waals surface area contributed by atoms with E-state index in [4.69, 9.17) is 6.42 Å². The molecule has 3 heteroatoms. The summed E-state index contributed by atoms with van der Waals surface area (Å²) in [6, 6.07) is 5.73. The molecule has 0 fully saturated rings. The average Bonchev–Trinajstić information content (AvgIpc) is 2.30. The summed E-state index contributed by atoms with van der Waals surface area (Å²) in [5, 5.41) is 0. The van der Waals surface area contributed by atoms with E-state index in [0.717, 1.165) is 16.7 Å². The van der Waals surface area contributed by atoms with Crippen molar-refractivity contribution in [1.82, 2.24) is 4.90 Å². The lowest BCUT2D eigenvalue weighted by Gasteiger charge is -2.16. The lowest BCUT2D eigenvalue weighted by Crippen LogP contribution is -2.26. The normalized spacial score (nSPS) is 9.38. The molecule has 0 saturated heterocycles. The third kappa shape index (κ3) is 2.77. The first kappa shape index (κ1) is 12.1. The molecule has 3 nitrogen and oxygen atoms in total. The molecule has 1 rings (SSSR count). The van der Waals surface area contributed by atoms with Gasteiger partial charge in [0.25, 0.3) is 0 Å². The molecular formula is C13H15NO2. The maximum absolute atomic E-state index is 11.2. The highest BCUT2D eigenvalue weighted by Gasteiger charge is 2.09. The van der Waals surface area contributed by atoms with Gasteiger partial charge in [0.15, 0.2) is 0 Å². The van der Waals surface area contributed by atoms with E-state index in [0.29, 0.717) is 6.54 Å². The summed E-state index contributed by atoms with van der Waals surface area (Å²) in [5.74, 6) is 2.58. The van der Waals surface area contributed by atoms with Crippen molar-refractivity contribution in [3.63, 3.8) is 0 Å². The molecule has 0 bridgehead atoms. The number of aryl methyl sites for hydroxylation is 1. The molecule has 0 aliphatic heterocycles. The zero-order valence-corrected chi connectivity index (χ0v) is 9.78. The van der Waals surface area contributed by atoms with Crippen LogP contribution in [0.3, 0.4) is 0 Å². The molecule has 0 spiro atoms. The molecule has 1 amide bonds. The van der Waals surface area contributed by atoms with Crippen LogP contribution in [0.4, 0.5) is 4.79 Å². The van der Waals surface area contributed by atoms with Gasteiger partial charge < -0.3 is 9.64 Å². The molecule has 16 heavy (non-hydrogen) atoms. The summed E-state index contributed by atoms with van der Waals surface area (Å²) in [6.45, 7) is 2.49. The SMILES string of the molecule is C#Cc1ccc(CN(C)C(=O)OC)c(C)c1. The molecule has 1 aromatic carbocycles. The molecular weight excluding hydrogens is 202 g/mol. The van der Waals surface area contributed by atoms with Gasteiger partial charge in [-0.15, -0.1) is 6.42 Å². The number of methoxy groups -OCH3 is 1. The Morgan fingerprint density at radius 3 is 2.75 bits per heavy atom. The van der Waals surface area contributed by atoms with Crippen LogP contribution in [-0.4, -0.2) is 25.2 Å². The fourth-order valence-corrected chi connectivity index (χ4v) is 1.44. The van der Waals surface area contributed by atoms with Crippen molar-refractivity contribution in [2.75, 3.05) is 14.2 Å².